The van der Waals surface area contributed by atoms with Gasteiger partial charge in [-0.05, 0) is 25.7 Å². The molecular formula is C19H27NO. The Morgan fingerprint density at radius 1 is 1.05 bits per heavy atom. The van der Waals surface area contributed by atoms with Crippen molar-refractivity contribution in [2.75, 3.05) is 0 Å². The molecule has 0 amide bonds. The van der Waals surface area contributed by atoms with Gasteiger partial charge in [-0.1, -0.05) is 62.6 Å². The van der Waals surface area contributed by atoms with Crippen LogP contribution in [0.4, 0.5) is 0 Å². The lowest BCUT2D eigenvalue weighted by molar-refractivity contribution is 0.419. The summed E-state index contributed by atoms with van der Waals surface area (Å²) in [4.78, 5) is 0. The smallest absolute Gasteiger partial charge is 0.128 e. The van der Waals surface area contributed by atoms with Crippen LogP contribution in [-0.4, -0.2) is 11.1 Å². The highest BCUT2D eigenvalue weighted by molar-refractivity contribution is 5.89. The number of benzene rings is 2. The zero-order chi connectivity index (χ0) is 15.2. The van der Waals surface area contributed by atoms with Gasteiger partial charge >= 0.3 is 0 Å². The third kappa shape index (κ3) is 3.98. The van der Waals surface area contributed by atoms with Gasteiger partial charge in [-0.3, -0.25) is 0 Å². The number of phenolic OH excluding ortho intramolecular Hbond substituents is 1. The van der Waals surface area contributed by atoms with Gasteiger partial charge in [-0.2, -0.15) is 0 Å². The molecule has 114 valence electrons. The van der Waals surface area contributed by atoms with Crippen molar-refractivity contribution in [2.45, 2.75) is 58.5 Å². The van der Waals surface area contributed by atoms with E-state index >= 15 is 0 Å². The molecular weight excluding hydrogens is 258 g/mol. The standard InChI is InChI=1S/C19H27NO/c1-4-5-6-9-14(2)20-15(3)17-13-12-16-10-7-8-11-18(16)19(17)21/h7-8,10-15,20-21H,4-6,9H2,1-3H3. The van der Waals surface area contributed by atoms with Crippen molar-refractivity contribution in [3.8, 4) is 5.75 Å². The van der Waals surface area contributed by atoms with Gasteiger partial charge in [0.1, 0.15) is 5.75 Å². The number of unbranched alkanes of at least 4 members (excludes halogenated alkanes) is 2. The molecule has 0 heterocycles. The van der Waals surface area contributed by atoms with Crippen LogP contribution in [0.15, 0.2) is 36.4 Å². The van der Waals surface area contributed by atoms with E-state index in [1.54, 1.807) is 0 Å². The van der Waals surface area contributed by atoms with Crippen LogP contribution in [0.3, 0.4) is 0 Å². The minimum Gasteiger partial charge on any atom is -0.507 e. The Morgan fingerprint density at radius 2 is 1.81 bits per heavy atom. The number of phenols is 1. The molecule has 0 radical (unpaired) electrons. The van der Waals surface area contributed by atoms with Crippen molar-refractivity contribution in [3.05, 3.63) is 42.0 Å². The molecule has 0 aromatic heterocycles. The van der Waals surface area contributed by atoms with E-state index < -0.39 is 0 Å². The van der Waals surface area contributed by atoms with Crippen LogP contribution in [-0.2, 0) is 0 Å². The molecule has 0 saturated heterocycles. The SMILES string of the molecule is CCCCCC(C)NC(C)c1ccc2ccccc2c1O. The average molecular weight is 285 g/mol. The molecule has 0 aliphatic rings. The number of hydrogen-bond acceptors (Lipinski definition) is 2. The Balaban J connectivity index is 2.08. The van der Waals surface area contributed by atoms with Gasteiger partial charge in [-0.25, -0.2) is 0 Å². The first-order chi connectivity index (χ1) is 10.1. The number of aromatic hydroxyl groups is 1. The summed E-state index contributed by atoms with van der Waals surface area (Å²) < 4.78 is 0. The predicted octanol–water partition coefficient (Wildman–Crippen LogP) is 5.16. The van der Waals surface area contributed by atoms with Gasteiger partial charge in [-0.15, -0.1) is 0 Å². The fourth-order valence-electron chi connectivity index (χ4n) is 2.92. The van der Waals surface area contributed by atoms with Crippen molar-refractivity contribution < 1.29 is 5.11 Å². The van der Waals surface area contributed by atoms with Gasteiger partial charge in [0, 0.05) is 23.0 Å². The lowest BCUT2D eigenvalue weighted by atomic mass is 10.00. The van der Waals surface area contributed by atoms with E-state index in [4.69, 9.17) is 0 Å². The fourth-order valence-corrected chi connectivity index (χ4v) is 2.92. The monoisotopic (exact) mass is 285 g/mol. The second-order valence-corrected chi connectivity index (χ2v) is 6.01. The lowest BCUT2D eigenvalue weighted by Gasteiger charge is -2.21. The van der Waals surface area contributed by atoms with Crippen LogP contribution < -0.4 is 5.32 Å². The van der Waals surface area contributed by atoms with Crippen LogP contribution in [0, 0.1) is 0 Å². The Bertz CT molecular complexity index is 579. The van der Waals surface area contributed by atoms with Crippen molar-refractivity contribution in [3.63, 3.8) is 0 Å². The number of fused-ring (bicyclic) bond motifs is 1. The summed E-state index contributed by atoms with van der Waals surface area (Å²) in [7, 11) is 0. The fraction of sp³-hybridized carbons (Fsp3) is 0.474. The van der Waals surface area contributed by atoms with Crippen molar-refractivity contribution >= 4 is 10.8 Å². The highest BCUT2D eigenvalue weighted by Gasteiger charge is 2.14. The molecule has 0 fully saturated rings. The third-order valence-electron chi connectivity index (χ3n) is 4.17. The van der Waals surface area contributed by atoms with E-state index in [0.717, 1.165) is 16.3 Å². The van der Waals surface area contributed by atoms with Crippen LogP contribution >= 0.6 is 0 Å². The second kappa shape index (κ2) is 7.46. The molecule has 2 aromatic carbocycles. The normalized spacial score (nSPS) is 14.2. The maximum absolute atomic E-state index is 10.5. The Labute approximate surface area is 128 Å². The maximum Gasteiger partial charge on any atom is 0.128 e. The summed E-state index contributed by atoms with van der Waals surface area (Å²) in [6.07, 6.45) is 5.00. The summed E-state index contributed by atoms with van der Waals surface area (Å²) >= 11 is 0. The highest BCUT2D eigenvalue weighted by Crippen LogP contribution is 2.32. The molecule has 0 saturated carbocycles. The minimum absolute atomic E-state index is 0.159. The summed E-state index contributed by atoms with van der Waals surface area (Å²) in [5.74, 6) is 0.411. The van der Waals surface area contributed by atoms with Crippen LogP contribution in [0.2, 0.25) is 0 Å². The first kappa shape index (κ1) is 15.8. The van der Waals surface area contributed by atoms with Gasteiger partial charge in [0.25, 0.3) is 0 Å². The Hall–Kier alpha value is -1.54. The van der Waals surface area contributed by atoms with Crippen molar-refractivity contribution in [1.29, 1.82) is 0 Å². The molecule has 2 rings (SSSR count). The van der Waals surface area contributed by atoms with Gasteiger partial charge in [0.15, 0.2) is 0 Å². The van der Waals surface area contributed by atoms with Gasteiger partial charge in [0.05, 0.1) is 0 Å². The van der Waals surface area contributed by atoms with E-state index in [-0.39, 0.29) is 6.04 Å². The molecule has 2 nitrogen and oxygen atoms in total. The van der Waals surface area contributed by atoms with E-state index in [1.807, 2.05) is 30.3 Å². The first-order valence-electron chi connectivity index (χ1n) is 8.10. The first-order valence-corrected chi connectivity index (χ1v) is 8.10. The van der Waals surface area contributed by atoms with E-state index in [9.17, 15) is 5.11 Å². The summed E-state index contributed by atoms with van der Waals surface area (Å²) in [5, 5.41) is 16.1. The zero-order valence-electron chi connectivity index (χ0n) is 13.4. The Kier molecular flexibility index (Phi) is 5.63. The molecule has 2 aromatic rings. The van der Waals surface area contributed by atoms with Crippen LogP contribution in [0.5, 0.6) is 5.75 Å². The van der Waals surface area contributed by atoms with E-state index in [2.05, 4.69) is 32.2 Å². The maximum atomic E-state index is 10.5. The van der Waals surface area contributed by atoms with Crippen LogP contribution in [0.1, 0.15) is 58.1 Å². The zero-order valence-corrected chi connectivity index (χ0v) is 13.4. The lowest BCUT2D eigenvalue weighted by Crippen LogP contribution is -2.28. The molecule has 0 spiro atoms. The number of nitrogens with one attached hydrogen (secondary N) is 1. The molecule has 2 unspecified atom stereocenters. The minimum atomic E-state index is 0.159. The quantitative estimate of drug-likeness (QED) is 0.688. The Morgan fingerprint density at radius 3 is 2.57 bits per heavy atom. The highest BCUT2D eigenvalue weighted by atomic mass is 16.3. The van der Waals surface area contributed by atoms with E-state index in [0.29, 0.717) is 11.8 Å². The second-order valence-electron chi connectivity index (χ2n) is 6.01. The average Bonchev–Trinajstić information content (AvgIpc) is 2.48. The van der Waals surface area contributed by atoms with Gasteiger partial charge < -0.3 is 10.4 Å². The summed E-state index contributed by atoms with van der Waals surface area (Å²) in [6, 6.07) is 12.7. The predicted molar refractivity (Wildman–Crippen MR) is 90.8 cm³/mol. The summed E-state index contributed by atoms with van der Waals surface area (Å²) in [6.45, 7) is 6.58. The summed E-state index contributed by atoms with van der Waals surface area (Å²) in [5.41, 5.74) is 0.982. The van der Waals surface area contributed by atoms with Crippen molar-refractivity contribution in [1.82, 2.24) is 5.32 Å². The number of rotatable bonds is 7. The largest absolute Gasteiger partial charge is 0.507 e. The van der Waals surface area contributed by atoms with Crippen molar-refractivity contribution in [2.24, 2.45) is 0 Å². The molecule has 21 heavy (non-hydrogen) atoms. The molecule has 2 heteroatoms. The van der Waals surface area contributed by atoms with Crippen LogP contribution in [0.25, 0.3) is 10.8 Å². The number of hydrogen-bond donors (Lipinski definition) is 2. The van der Waals surface area contributed by atoms with E-state index in [1.165, 1.54) is 25.7 Å². The molecule has 0 bridgehead atoms. The topological polar surface area (TPSA) is 32.3 Å². The third-order valence-corrected chi connectivity index (χ3v) is 4.17. The van der Waals surface area contributed by atoms with Gasteiger partial charge in [0.2, 0.25) is 0 Å². The molecule has 2 atom stereocenters. The molecule has 0 aliphatic heterocycles. The molecule has 0 aliphatic carbocycles. The molecule has 2 N–H and O–H groups in total.